The summed E-state index contributed by atoms with van der Waals surface area (Å²) in [5.74, 6) is 3.92. The molecule has 28 heavy (non-hydrogen) atoms. The predicted octanol–water partition coefficient (Wildman–Crippen LogP) is 5.03. The summed E-state index contributed by atoms with van der Waals surface area (Å²) >= 11 is 3.46. The minimum atomic E-state index is 0.0872. The third kappa shape index (κ3) is 3.88. The number of aryl methyl sites for hydroxylation is 2. The molecule has 0 spiro atoms. The van der Waals surface area contributed by atoms with E-state index in [2.05, 4.69) is 37.9 Å². The minimum Gasteiger partial charge on any atom is -0.493 e. The summed E-state index contributed by atoms with van der Waals surface area (Å²) in [6, 6.07) is 9.86. The second-order valence-electron chi connectivity index (χ2n) is 6.23. The molecular weight excluding hydrogens is 418 g/mol. The molecule has 0 fully saturated rings. The van der Waals surface area contributed by atoms with E-state index in [-0.39, 0.29) is 6.61 Å². The van der Waals surface area contributed by atoms with Gasteiger partial charge in [-0.05, 0) is 55.3 Å². The van der Waals surface area contributed by atoms with Gasteiger partial charge in [0.1, 0.15) is 18.5 Å². The first-order chi connectivity index (χ1) is 13.5. The van der Waals surface area contributed by atoms with Crippen molar-refractivity contribution in [2.45, 2.75) is 13.8 Å². The molecular formula is C22H18BrN3O2. The number of benzene rings is 2. The fourth-order valence-corrected chi connectivity index (χ4v) is 3.28. The third-order valence-electron chi connectivity index (χ3n) is 4.34. The lowest BCUT2D eigenvalue weighted by atomic mass is 10.1. The van der Waals surface area contributed by atoms with Crippen LogP contribution in [0.2, 0.25) is 0 Å². The number of rotatable bonds is 5. The zero-order valence-electron chi connectivity index (χ0n) is 15.8. The third-order valence-corrected chi connectivity index (χ3v) is 4.80. The molecule has 3 aromatic rings. The van der Waals surface area contributed by atoms with Crippen molar-refractivity contribution in [2.75, 3.05) is 13.7 Å². The summed E-state index contributed by atoms with van der Waals surface area (Å²) in [5.41, 5.74) is 5.04. The topological polar surface area (TPSA) is 70.9 Å². The molecule has 1 aromatic heterocycles. The number of nitrogens with zero attached hydrogens (tertiary/aromatic N) is 2. The Hall–Kier alpha value is -3.22. The molecule has 0 aliphatic heterocycles. The zero-order valence-corrected chi connectivity index (χ0v) is 17.3. The van der Waals surface area contributed by atoms with E-state index in [9.17, 15) is 5.26 Å². The van der Waals surface area contributed by atoms with Crippen molar-refractivity contribution in [3.8, 4) is 29.9 Å². The molecule has 5 nitrogen and oxygen atoms in total. The number of nitriles is 1. The van der Waals surface area contributed by atoms with Crippen molar-refractivity contribution in [1.29, 1.82) is 5.26 Å². The number of aromatic amines is 1. The van der Waals surface area contributed by atoms with Gasteiger partial charge < -0.3 is 14.5 Å². The van der Waals surface area contributed by atoms with Gasteiger partial charge in [0, 0.05) is 10.0 Å². The number of methoxy groups -OCH3 is 1. The van der Waals surface area contributed by atoms with Crippen LogP contribution in [-0.2, 0) is 0 Å². The van der Waals surface area contributed by atoms with Crippen LogP contribution in [0.1, 0.15) is 22.5 Å². The van der Waals surface area contributed by atoms with Crippen LogP contribution in [0.15, 0.2) is 28.7 Å². The van der Waals surface area contributed by atoms with Crippen molar-refractivity contribution in [3.63, 3.8) is 0 Å². The zero-order chi connectivity index (χ0) is 20.3. The number of allylic oxidation sites excluding steroid dienone is 1. The lowest BCUT2D eigenvalue weighted by Gasteiger charge is -2.13. The molecule has 0 amide bonds. The molecule has 0 aliphatic carbocycles. The van der Waals surface area contributed by atoms with Gasteiger partial charge in [-0.2, -0.15) is 5.26 Å². The number of aromatic nitrogens is 2. The number of terminal acetylenes is 1. The van der Waals surface area contributed by atoms with Gasteiger partial charge in [-0.3, -0.25) is 0 Å². The lowest BCUT2D eigenvalue weighted by molar-refractivity contribution is 0.330. The van der Waals surface area contributed by atoms with Crippen LogP contribution in [-0.4, -0.2) is 23.7 Å². The molecule has 3 rings (SSSR count). The van der Waals surface area contributed by atoms with Crippen LogP contribution in [0, 0.1) is 37.5 Å². The van der Waals surface area contributed by atoms with Crippen molar-refractivity contribution in [3.05, 3.63) is 51.3 Å². The molecule has 2 aromatic carbocycles. The van der Waals surface area contributed by atoms with E-state index in [4.69, 9.17) is 15.9 Å². The number of fused-ring (bicyclic) bond motifs is 1. The second kappa shape index (κ2) is 8.21. The molecule has 1 heterocycles. The second-order valence-corrected chi connectivity index (χ2v) is 7.14. The molecule has 0 saturated carbocycles. The highest BCUT2D eigenvalue weighted by Crippen LogP contribution is 2.37. The van der Waals surface area contributed by atoms with E-state index in [1.165, 1.54) is 0 Å². The molecule has 0 aliphatic rings. The summed E-state index contributed by atoms with van der Waals surface area (Å²) in [4.78, 5) is 7.80. The summed E-state index contributed by atoms with van der Waals surface area (Å²) in [6.45, 7) is 4.16. The van der Waals surface area contributed by atoms with E-state index in [1.54, 1.807) is 19.3 Å². The molecule has 6 heteroatoms. The van der Waals surface area contributed by atoms with Gasteiger partial charge in [0.2, 0.25) is 0 Å². The highest BCUT2D eigenvalue weighted by molar-refractivity contribution is 9.10. The van der Waals surface area contributed by atoms with Crippen molar-refractivity contribution in [1.82, 2.24) is 9.97 Å². The van der Waals surface area contributed by atoms with Crippen LogP contribution in [0.4, 0.5) is 0 Å². The highest BCUT2D eigenvalue weighted by Gasteiger charge is 2.15. The van der Waals surface area contributed by atoms with Gasteiger partial charge in [0.05, 0.1) is 23.7 Å². The van der Waals surface area contributed by atoms with Crippen LogP contribution in [0.5, 0.6) is 11.5 Å². The Labute approximate surface area is 172 Å². The molecule has 0 radical (unpaired) electrons. The predicted molar refractivity (Wildman–Crippen MR) is 114 cm³/mol. The summed E-state index contributed by atoms with van der Waals surface area (Å²) < 4.78 is 11.9. The number of imidazole rings is 1. The van der Waals surface area contributed by atoms with E-state index >= 15 is 0 Å². The Morgan fingerprint density at radius 1 is 1.29 bits per heavy atom. The Bertz CT molecular complexity index is 1120. The Morgan fingerprint density at radius 3 is 2.71 bits per heavy atom. The van der Waals surface area contributed by atoms with Crippen LogP contribution in [0.25, 0.3) is 22.7 Å². The van der Waals surface area contributed by atoms with Gasteiger partial charge in [0.25, 0.3) is 0 Å². The van der Waals surface area contributed by atoms with Gasteiger partial charge in [-0.1, -0.05) is 21.9 Å². The summed E-state index contributed by atoms with van der Waals surface area (Å²) in [5, 5.41) is 9.74. The van der Waals surface area contributed by atoms with Crippen LogP contribution in [0.3, 0.4) is 0 Å². The first-order valence-corrected chi connectivity index (χ1v) is 9.29. The van der Waals surface area contributed by atoms with Gasteiger partial charge >= 0.3 is 0 Å². The highest BCUT2D eigenvalue weighted by atomic mass is 79.9. The van der Waals surface area contributed by atoms with Gasteiger partial charge in [-0.25, -0.2) is 4.98 Å². The number of ether oxygens (including phenoxy) is 2. The SMILES string of the molecule is C#CCOc1c(/C=C(\C#N)c2nc3cc(C)c(C)cc3[nH]2)cc(Br)cc1OC. The first kappa shape index (κ1) is 19.5. The largest absolute Gasteiger partial charge is 0.493 e. The van der Waals surface area contributed by atoms with Gasteiger partial charge in [-0.15, -0.1) is 6.42 Å². The Kier molecular flexibility index (Phi) is 5.73. The fourth-order valence-electron chi connectivity index (χ4n) is 2.82. The van der Waals surface area contributed by atoms with Gasteiger partial charge in [0.15, 0.2) is 11.5 Å². The average molecular weight is 436 g/mol. The quantitative estimate of drug-likeness (QED) is 0.450. The first-order valence-electron chi connectivity index (χ1n) is 8.49. The fraction of sp³-hybridized carbons (Fsp3) is 0.182. The van der Waals surface area contributed by atoms with Crippen molar-refractivity contribution in [2.24, 2.45) is 0 Å². The van der Waals surface area contributed by atoms with Crippen molar-refractivity contribution < 1.29 is 9.47 Å². The number of nitrogens with one attached hydrogen (secondary N) is 1. The summed E-state index contributed by atoms with van der Waals surface area (Å²) in [6.07, 6.45) is 7.03. The molecule has 1 N–H and O–H groups in total. The maximum Gasteiger partial charge on any atom is 0.169 e. The maximum absolute atomic E-state index is 9.74. The Morgan fingerprint density at radius 2 is 2.04 bits per heavy atom. The number of H-pyrrole nitrogens is 1. The van der Waals surface area contributed by atoms with Crippen molar-refractivity contribution >= 4 is 38.6 Å². The van der Waals surface area contributed by atoms with E-state index in [0.717, 1.165) is 26.6 Å². The minimum absolute atomic E-state index is 0.0872. The van der Waals surface area contributed by atoms with E-state index < -0.39 is 0 Å². The van der Waals surface area contributed by atoms with E-state index in [0.29, 0.717) is 28.5 Å². The molecule has 140 valence electrons. The molecule has 0 unspecified atom stereocenters. The summed E-state index contributed by atoms with van der Waals surface area (Å²) in [7, 11) is 1.55. The number of hydrogen-bond acceptors (Lipinski definition) is 4. The number of hydrogen-bond donors (Lipinski definition) is 1. The van der Waals surface area contributed by atoms with Crippen LogP contribution < -0.4 is 9.47 Å². The molecule has 0 saturated heterocycles. The van der Waals surface area contributed by atoms with E-state index in [1.807, 2.05) is 32.0 Å². The average Bonchev–Trinajstić information content (AvgIpc) is 3.07. The molecule has 0 bridgehead atoms. The monoisotopic (exact) mass is 435 g/mol. The molecule has 0 atom stereocenters. The maximum atomic E-state index is 9.74. The number of halogens is 1. The van der Waals surface area contributed by atoms with Crippen LogP contribution >= 0.6 is 15.9 Å². The smallest absolute Gasteiger partial charge is 0.169 e. The lowest BCUT2D eigenvalue weighted by Crippen LogP contribution is -1.99. The normalized spacial score (nSPS) is 11.1. The standard InChI is InChI=1S/C22H18BrN3O2/c1-5-6-28-21-15(10-17(23)11-20(21)27-4)9-16(12-24)22-25-18-7-13(2)14(3)8-19(18)26-22/h1,7-11H,6H2,2-4H3,(H,25,26)/b16-9+. The Balaban J connectivity index is 2.14.